The third-order valence-corrected chi connectivity index (χ3v) is 6.40. The lowest BCUT2D eigenvalue weighted by Crippen LogP contribution is -2.70. The first-order valence-electron chi connectivity index (χ1n) is 11.2. The number of carbonyl (C=O) groups is 2. The quantitative estimate of drug-likeness (QED) is 0.605. The second-order valence-electron chi connectivity index (χ2n) is 9.57. The summed E-state index contributed by atoms with van der Waals surface area (Å²) in [4.78, 5) is 33.9. The highest BCUT2D eigenvalue weighted by Crippen LogP contribution is 2.29. The summed E-state index contributed by atoms with van der Waals surface area (Å²) < 4.78 is 0. The van der Waals surface area contributed by atoms with Crippen molar-refractivity contribution in [3.63, 3.8) is 0 Å². The predicted molar refractivity (Wildman–Crippen MR) is 125 cm³/mol. The molecule has 1 aliphatic heterocycles. The number of carbonyl (C=O) groups excluding carboxylic acids is 2. The molecule has 7 heteroatoms. The van der Waals surface area contributed by atoms with Gasteiger partial charge in [-0.1, -0.05) is 45.9 Å². The number of amides is 2. The number of aromatic nitrogens is 1. The Morgan fingerprint density at radius 3 is 2.58 bits per heavy atom. The van der Waals surface area contributed by atoms with Crippen molar-refractivity contribution in [1.82, 2.24) is 25.4 Å². The van der Waals surface area contributed by atoms with Gasteiger partial charge in [-0.25, -0.2) is 0 Å². The molecule has 2 aromatic rings. The minimum absolute atomic E-state index is 0.00891. The van der Waals surface area contributed by atoms with Gasteiger partial charge in [0, 0.05) is 42.6 Å². The zero-order valence-corrected chi connectivity index (χ0v) is 19.7. The average molecular weight is 428 g/mol. The van der Waals surface area contributed by atoms with E-state index in [9.17, 15) is 9.59 Å². The van der Waals surface area contributed by atoms with Gasteiger partial charge in [0.25, 0.3) is 5.91 Å². The van der Waals surface area contributed by atoms with E-state index < -0.39 is 11.5 Å². The third kappa shape index (κ3) is 4.93. The molecule has 1 aromatic heterocycles. The number of H-pyrrole nitrogens is 1. The number of likely N-dealkylation sites (N-methyl/N-ethyl adjacent to an activating group) is 2. The number of hydrogen-bond donors (Lipinski definition) is 3. The largest absolute Gasteiger partial charge is 0.351 e. The molecule has 2 amide bonds. The van der Waals surface area contributed by atoms with Crippen molar-refractivity contribution in [2.45, 2.75) is 52.7 Å². The van der Waals surface area contributed by atoms with Crippen LogP contribution in [0.3, 0.4) is 0 Å². The molecule has 1 unspecified atom stereocenters. The van der Waals surface area contributed by atoms with Crippen LogP contribution in [0.4, 0.5) is 0 Å². The lowest BCUT2D eigenvalue weighted by atomic mass is 9.83. The topological polar surface area (TPSA) is 80.5 Å². The predicted octanol–water partition coefficient (Wildman–Crippen LogP) is 2.45. The molecular formula is C24H37N5O2. The summed E-state index contributed by atoms with van der Waals surface area (Å²) in [5.74, 6) is -0.260. The van der Waals surface area contributed by atoms with Crippen LogP contribution in [0.2, 0.25) is 0 Å². The van der Waals surface area contributed by atoms with Gasteiger partial charge in [-0.05, 0) is 38.1 Å². The average Bonchev–Trinajstić information content (AvgIpc) is 3.16. The highest BCUT2D eigenvalue weighted by Gasteiger charge is 2.46. The van der Waals surface area contributed by atoms with Gasteiger partial charge in [-0.15, -0.1) is 0 Å². The fourth-order valence-electron chi connectivity index (χ4n) is 4.33. The van der Waals surface area contributed by atoms with Crippen LogP contribution in [0.15, 0.2) is 30.3 Å². The summed E-state index contributed by atoms with van der Waals surface area (Å²) >= 11 is 0. The second-order valence-corrected chi connectivity index (χ2v) is 9.57. The van der Waals surface area contributed by atoms with Gasteiger partial charge in [-0.2, -0.15) is 0 Å². The molecule has 1 saturated heterocycles. The Morgan fingerprint density at radius 1 is 1.29 bits per heavy atom. The van der Waals surface area contributed by atoms with Gasteiger partial charge >= 0.3 is 0 Å². The summed E-state index contributed by atoms with van der Waals surface area (Å²) in [5.41, 5.74) is 0.980. The van der Waals surface area contributed by atoms with Crippen LogP contribution in [0, 0.1) is 5.41 Å². The molecule has 170 valence electrons. The fourth-order valence-corrected chi connectivity index (χ4v) is 4.33. The molecule has 0 spiro atoms. The Bertz CT molecular complexity index is 883. The molecule has 2 heterocycles. The third-order valence-electron chi connectivity index (χ3n) is 6.40. The SMILES string of the molecule is CCN(CCNC)[C@@H]1CN(C(=O)[C@@H](NC(=O)c2cc3ccccc3[nH]2)C(C)(C)C)C1C. The molecule has 0 aliphatic carbocycles. The summed E-state index contributed by atoms with van der Waals surface area (Å²) in [7, 11) is 1.96. The van der Waals surface area contributed by atoms with E-state index in [1.165, 1.54) is 0 Å². The summed E-state index contributed by atoms with van der Waals surface area (Å²) in [6, 6.07) is 9.49. The van der Waals surface area contributed by atoms with Crippen LogP contribution in [0.1, 0.15) is 45.1 Å². The number of para-hydroxylation sites is 1. The van der Waals surface area contributed by atoms with E-state index in [2.05, 4.69) is 34.4 Å². The fraction of sp³-hybridized carbons (Fsp3) is 0.583. The lowest BCUT2D eigenvalue weighted by Gasteiger charge is -2.52. The van der Waals surface area contributed by atoms with Crippen LogP contribution in [-0.4, -0.2) is 78.0 Å². The number of fused-ring (bicyclic) bond motifs is 1. The van der Waals surface area contributed by atoms with Gasteiger partial charge in [-0.3, -0.25) is 14.5 Å². The summed E-state index contributed by atoms with van der Waals surface area (Å²) in [6.45, 7) is 13.8. The van der Waals surface area contributed by atoms with E-state index in [1.54, 1.807) is 0 Å². The van der Waals surface area contributed by atoms with Crippen molar-refractivity contribution in [3.05, 3.63) is 36.0 Å². The standard InChI is InChI=1S/C24H37N5O2/c1-7-28(13-12-25-6)20-15-29(16(20)2)23(31)21(24(3,4)5)27-22(30)19-14-17-10-8-9-11-18(17)26-19/h8-11,14,16,20-21,25-26H,7,12-13,15H2,1-6H3,(H,27,30)/t16?,20-,21-/m1/s1. The lowest BCUT2D eigenvalue weighted by molar-refractivity contribution is -0.149. The first-order valence-corrected chi connectivity index (χ1v) is 11.2. The molecular weight excluding hydrogens is 390 g/mol. The molecule has 1 aliphatic rings. The van der Waals surface area contributed by atoms with Crippen molar-refractivity contribution in [1.29, 1.82) is 0 Å². The number of rotatable bonds is 8. The van der Waals surface area contributed by atoms with E-state index in [-0.39, 0.29) is 17.9 Å². The van der Waals surface area contributed by atoms with Gasteiger partial charge < -0.3 is 20.5 Å². The Kier molecular flexibility index (Phi) is 7.06. The van der Waals surface area contributed by atoms with Crippen molar-refractivity contribution in [2.75, 3.05) is 33.2 Å². The van der Waals surface area contributed by atoms with Gasteiger partial charge in [0.1, 0.15) is 11.7 Å². The van der Waals surface area contributed by atoms with Crippen molar-refractivity contribution >= 4 is 22.7 Å². The summed E-state index contributed by atoms with van der Waals surface area (Å²) in [6.07, 6.45) is 0. The number of nitrogens with one attached hydrogen (secondary N) is 3. The molecule has 0 radical (unpaired) electrons. The molecule has 1 fully saturated rings. The number of aromatic amines is 1. The number of benzene rings is 1. The Labute approximate surface area is 185 Å². The molecule has 1 aromatic carbocycles. The first kappa shape index (κ1) is 23.3. The minimum atomic E-state index is -0.595. The van der Waals surface area contributed by atoms with Crippen LogP contribution in [0.5, 0.6) is 0 Å². The first-order chi connectivity index (χ1) is 14.7. The van der Waals surface area contributed by atoms with Crippen molar-refractivity contribution in [2.24, 2.45) is 5.41 Å². The van der Waals surface area contributed by atoms with E-state index in [0.29, 0.717) is 18.3 Å². The van der Waals surface area contributed by atoms with Crippen molar-refractivity contribution in [3.8, 4) is 0 Å². The Balaban J connectivity index is 1.71. The minimum Gasteiger partial charge on any atom is -0.351 e. The Hall–Kier alpha value is -2.38. The molecule has 3 atom stereocenters. The number of likely N-dealkylation sites (tertiary alicyclic amines) is 1. The molecule has 0 saturated carbocycles. The molecule has 3 N–H and O–H groups in total. The maximum atomic E-state index is 13.5. The van der Waals surface area contributed by atoms with Crippen LogP contribution in [-0.2, 0) is 4.79 Å². The van der Waals surface area contributed by atoms with Crippen LogP contribution < -0.4 is 10.6 Å². The molecule has 0 bridgehead atoms. The summed E-state index contributed by atoms with van der Waals surface area (Å²) in [5, 5.41) is 7.19. The second kappa shape index (κ2) is 9.40. The maximum Gasteiger partial charge on any atom is 0.268 e. The molecule has 3 rings (SSSR count). The number of nitrogens with zero attached hydrogens (tertiary/aromatic N) is 2. The van der Waals surface area contributed by atoms with Gasteiger partial charge in [0.2, 0.25) is 5.91 Å². The molecule has 31 heavy (non-hydrogen) atoms. The zero-order valence-electron chi connectivity index (χ0n) is 19.7. The number of hydrogen-bond acceptors (Lipinski definition) is 4. The van der Waals surface area contributed by atoms with E-state index >= 15 is 0 Å². The van der Waals surface area contributed by atoms with E-state index in [4.69, 9.17) is 0 Å². The van der Waals surface area contributed by atoms with Crippen LogP contribution in [0.25, 0.3) is 10.9 Å². The van der Waals surface area contributed by atoms with E-state index in [1.807, 2.05) is 63.1 Å². The monoisotopic (exact) mass is 427 g/mol. The van der Waals surface area contributed by atoms with Crippen LogP contribution >= 0.6 is 0 Å². The highest BCUT2D eigenvalue weighted by molar-refractivity contribution is 6.00. The normalized spacial score (nSPS) is 20.0. The smallest absolute Gasteiger partial charge is 0.268 e. The van der Waals surface area contributed by atoms with Crippen molar-refractivity contribution < 1.29 is 9.59 Å². The highest BCUT2D eigenvalue weighted by atomic mass is 16.2. The molecule has 7 nitrogen and oxygen atoms in total. The van der Waals surface area contributed by atoms with E-state index in [0.717, 1.165) is 30.5 Å². The van der Waals surface area contributed by atoms with Gasteiger partial charge in [0.15, 0.2) is 0 Å². The van der Waals surface area contributed by atoms with Gasteiger partial charge in [0.05, 0.1) is 0 Å². The maximum absolute atomic E-state index is 13.5. The Morgan fingerprint density at radius 2 is 2.00 bits per heavy atom. The zero-order chi connectivity index (χ0) is 22.8.